The number of nitrogens with zero attached hydrogens (tertiary/aromatic N) is 1. The maximum Gasteiger partial charge on any atom is 0.260 e. The third-order valence-corrected chi connectivity index (χ3v) is 3.92. The van der Waals surface area contributed by atoms with Crippen molar-refractivity contribution >= 4 is 11.8 Å². The van der Waals surface area contributed by atoms with Gasteiger partial charge < -0.3 is 15.0 Å². The highest BCUT2D eigenvalue weighted by atomic mass is 19.2. The van der Waals surface area contributed by atoms with Crippen molar-refractivity contribution in [2.75, 3.05) is 19.6 Å². The Balaban J connectivity index is 1.73. The first-order valence-electron chi connectivity index (χ1n) is 8.14. The van der Waals surface area contributed by atoms with E-state index in [9.17, 15) is 18.4 Å². The molecule has 0 saturated carbocycles. The molecule has 1 N–H and O–H groups in total. The van der Waals surface area contributed by atoms with Crippen LogP contribution >= 0.6 is 0 Å². The van der Waals surface area contributed by atoms with E-state index in [2.05, 4.69) is 5.32 Å². The average Bonchev–Trinajstić information content (AvgIpc) is 2.58. The molecule has 0 aliphatic carbocycles. The summed E-state index contributed by atoms with van der Waals surface area (Å²) in [6, 6.07) is 3.08. The van der Waals surface area contributed by atoms with E-state index < -0.39 is 23.6 Å². The van der Waals surface area contributed by atoms with Crippen LogP contribution in [0.15, 0.2) is 18.2 Å². The molecule has 0 aromatic heterocycles. The average molecular weight is 340 g/mol. The highest BCUT2D eigenvalue weighted by molar-refractivity contribution is 5.82. The molecule has 2 rings (SSSR count). The van der Waals surface area contributed by atoms with Gasteiger partial charge in [0.25, 0.3) is 5.91 Å². The van der Waals surface area contributed by atoms with Gasteiger partial charge in [0.2, 0.25) is 5.91 Å². The Labute approximate surface area is 140 Å². The van der Waals surface area contributed by atoms with Crippen molar-refractivity contribution in [2.45, 2.75) is 38.7 Å². The minimum Gasteiger partial charge on any atom is -0.481 e. The second-order valence-electron chi connectivity index (χ2n) is 5.82. The quantitative estimate of drug-likeness (QED) is 0.864. The maximum absolute atomic E-state index is 13.1. The van der Waals surface area contributed by atoms with Gasteiger partial charge in [-0.2, -0.15) is 0 Å². The zero-order valence-electron chi connectivity index (χ0n) is 13.7. The Morgan fingerprint density at radius 1 is 1.21 bits per heavy atom. The summed E-state index contributed by atoms with van der Waals surface area (Å²) in [5.41, 5.74) is 0. The first-order chi connectivity index (χ1) is 11.5. The molecule has 7 heteroatoms. The number of rotatable bonds is 6. The van der Waals surface area contributed by atoms with Crippen LogP contribution in [-0.4, -0.2) is 42.5 Å². The summed E-state index contributed by atoms with van der Waals surface area (Å²) < 4.78 is 31.2. The molecule has 2 amide bonds. The van der Waals surface area contributed by atoms with Gasteiger partial charge in [-0.1, -0.05) is 0 Å². The summed E-state index contributed by atoms with van der Waals surface area (Å²) in [6.07, 6.45) is 2.57. The highest BCUT2D eigenvalue weighted by Crippen LogP contribution is 2.16. The van der Waals surface area contributed by atoms with Crippen LogP contribution in [0.1, 0.15) is 32.6 Å². The van der Waals surface area contributed by atoms with E-state index in [1.165, 1.54) is 13.0 Å². The summed E-state index contributed by atoms with van der Waals surface area (Å²) in [5, 5.41) is 2.62. The zero-order chi connectivity index (χ0) is 17.5. The summed E-state index contributed by atoms with van der Waals surface area (Å²) >= 11 is 0. The summed E-state index contributed by atoms with van der Waals surface area (Å²) in [4.78, 5) is 25.7. The molecule has 0 spiro atoms. The summed E-state index contributed by atoms with van der Waals surface area (Å²) in [5.74, 6) is -2.32. The second kappa shape index (κ2) is 8.61. The molecule has 1 aliphatic heterocycles. The Morgan fingerprint density at radius 3 is 2.58 bits per heavy atom. The maximum atomic E-state index is 13.1. The summed E-state index contributed by atoms with van der Waals surface area (Å²) in [6.45, 7) is 3.29. The van der Waals surface area contributed by atoms with E-state index in [1.54, 1.807) is 0 Å². The zero-order valence-corrected chi connectivity index (χ0v) is 13.7. The monoisotopic (exact) mass is 340 g/mol. The van der Waals surface area contributed by atoms with Gasteiger partial charge in [0.15, 0.2) is 17.7 Å². The number of likely N-dealkylation sites (tertiary alicyclic amines) is 1. The van der Waals surface area contributed by atoms with Crippen molar-refractivity contribution in [3.63, 3.8) is 0 Å². The molecule has 5 nitrogen and oxygen atoms in total. The lowest BCUT2D eigenvalue weighted by atomic mass is 10.1. The van der Waals surface area contributed by atoms with Gasteiger partial charge in [-0.05, 0) is 38.3 Å². The van der Waals surface area contributed by atoms with Crippen molar-refractivity contribution in [1.29, 1.82) is 0 Å². The lowest BCUT2D eigenvalue weighted by Gasteiger charge is -2.26. The number of piperidine rings is 1. The van der Waals surface area contributed by atoms with E-state index in [-0.39, 0.29) is 24.6 Å². The van der Waals surface area contributed by atoms with Crippen LogP contribution in [0, 0.1) is 11.6 Å². The number of ether oxygens (including phenoxy) is 1. The van der Waals surface area contributed by atoms with Gasteiger partial charge in [0.1, 0.15) is 5.75 Å². The van der Waals surface area contributed by atoms with Crippen molar-refractivity contribution in [3.8, 4) is 5.75 Å². The predicted octanol–water partition coefficient (Wildman–Crippen LogP) is 2.25. The molecule has 1 heterocycles. The third-order valence-electron chi connectivity index (χ3n) is 3.92. The Kier molecular flexibility index (Phi) is 6.52. The largest absolute Gasteiger partial charge is 0.481 e. The van der Waals surface area contributed by atoms with E-state index in [0.29, 0.717) is 0 Å². The fourth-order valence-electron chi connectivity index (χ4n) is 2.55. The number of benzene rings is 1. The fourth-order valence-corrected chi connectivity index (χ4v) is 2.55. The Bertz CT molecular complexity index is 589. The molecule has 1 aromatic carbocycles. The Hall–Kier alpha value is -2.18. The first-order valence-corrected chi connectivity index (χ1v) is 8.14. The molecular formula is C17H22F2N2O3. The van der Waals surface area contributed by atoms with E-state index in [1.807, 2.05) is 4.90 Å². The molecule has 0 bridgehead atoms. The van der Waals surface area contributed by atoms with Gasteiger partial charge in [-0.15, -0.1) is 0 Å². The van der Waals surface area contributed by atoms with Gasteiger partial charge >= 0.3 is 0 Å². The SMILES string of the molecule is C[C@H](Oc1ccc(F)c(F)c1)C(=O)NCCC(=O)N1CCCCC1. The van der Waals surface area contributed by atoms with Crippen LogP contribution in [0.25, 0.3) is 0 Å². The fraction of sp³-hybridized carbons (Fsp3) is 0.529. The number of halogens is 2. The molecule has 132 valence electrons. The van der Waals surface area contributed by atoms with Gasteiger partial charge in [-0.3, -0.25) is 9.59 Å². The first kappa shape index (κ1) is 18.2. The molecule has 1 fully saturated rings. The van der Waals surface area contributed by atoms with Crippen LogP contribution in [-0.2, 0) is 9.59 Å². The smallest absolute Gasteiger partial charge is 0.260 e. The number of amides is 2. The number of hydrogen-bond acceptors (Lipinski definition) is 3. The number of carbonyl (C=O) groups is 2. The molecule has 1 aliphatic rings. The van der Waals surface area contributed by atoms with Crippen molar-refractivity contribution in [1.82, 2.24) is 10.2 Å². The minimum absolute atomic E-state index is 0.0316. The molecule has 0 unspecified atom stereocenters. The van der Waals surface area contributed by atoms with E-state index in [4.69, 9.17) is 4.74 Å². The van der Waals surface area contributed by atoms with Gasteiger partial charge in [-0.25, -0.2) is 8.78 Å². The van der Waals surface area contributed by atoms with Gasteiger partial charge in [0, 0.05) is 32.1 Å². The topological polar surface area (TPSA) is 58.6 Å². The number of hydrogen-bond donors (Lipinski definition) is 1. The third kappa shape index (κ3) is 5.18. The normalized spacial score (nSPS) is 15.7. The lowest BCUT2D eigenvalue weighted by Crippen LogP contribution is -2.40. The molecule has 24 heavy (non-hydrogen) atoms. The predicted molar refractivity (Wildman–Crippen MR) is 84.5 cm³/mol. The lowest BCUT2D eigenvalue weighted by molar-refractivity contribution is -0.132. The van der Waals surface area contributed by atoms with Crippen LogP contribution in [0.4, 0.5) is 8.78 Å². The van der Waals surface area contributed by atoms with E-state index >= 15 is 0 Å². The van der Waals surface area contributed by atoms with Crippen molar-refractivity contribution in [2.24, 2.45) is 0 Å². The van der Waals surface area contributed by atoms with Crippen LogP contribution in [0.2, 0.25) is 0 Å². The molecule has 1 atom stereocenters. The summed E-state index contributed by atoms with van der Waals surface area (Å²) in [7, 11) is 0. The van der Waals surface area contributed by atoms with Crippen LogP contribution in [0.5, 0.6) is 5.75 Å². The molecule has 1 aromatic rings. The number of nitrogens with one attached hydrogen (secondary N) is 1. The molecule has 1 saturated heterocycles. The van der Waals surface area contributed by atoms with Crippen molar-refractivity contribution in [3.05, 3.63) is 29.8 Å². The van der Waals surface area contributed by atoms with Gasteiger partial charge in [0.05, 0.1) is 0 Å². The van der Waals surface area contributed by atoms with Crippen LogP contribution in [0.3, 0.4) is 0 Å². The second-order valence-corrected chi connectivity index (χ2v) is 5.82. The van der Waals surface area contributed by atoms with Crippen LogP contribution < -0.4 is 10.1 Å². The Morgan fingerprint density at radius 2 is 1.92 bits per heavy atom. The van der Waals surface area contributed by atoms with E-state index in [0.717, 1.165) is 44.5 Å². The standard InChI is InChI=1S/C17H22F2N2O3/c1-12(24-13-5-6-14(18)15(19)11-13)17(23)20-8-7-16(22)21-9-3-2-4-10-21/h5-6,11-12H,2-4,7-10H2,1H3,(H,20,23)/t12-/m0/s1. The minimum atomic E-state index is -1.03. The molecular weight excluding hydrogens is 318 g/mol. The van der Waals surface area contributed by atoms with Crippen molar-refractivity contribution < 1.29 is 23.1 Å². The highest BCUT2D eigenvalue weighted by Gasteiger charge is 2.18. The molecule has 0 radical (unpaired) electrons. The number of carbonyl (C=O) groups excluding carboxylic acids is 2.